The molecule has 2 atom stereocenters. The van der Waals surface area contributed by atoms with Crippen LogP contribution in [0.4, 0.5) is 0 Å². The maximum atomic E-state index is 5.88. The second-order valence-corrected chi connectivity index (χ2v) is 7.96. The molecule has 0 fully saturated rings. The topological polar surface area (TPSA) is 82.7 Å². The molecule has 1 aliphatic rings. The normalized spacial score (nSPS) is 18.7. The van der Waals surface area contributed by atoms with Gasteiger partial charge in [-0.2, -0.15) is 0 Å². The number of hydrogen-bond acceptors (Lipinski definition) is 6. The van der Waals surface area contributed by atoms with Crippen molar-refractivity contribution >= 4 is 0 Å². The van der Waals surface area contributed by atoms with Gasteiger partial charge in [-0.05, 0) is 47.7 Å². The molecule has 0 bridgehead atoms. The van der Waals surface area contributed by atoms with Crippen molar-refractivity contribution in [2.24, 2.45) is 5.41 Å². The highest BCUT2D eigenvalue weighted by molar-refractivity contribution is 5.00. The Hall–Kier alpha value is -2.22. The van der Waals surface area contributed by atoms with Crippen LogP contribution < -0.4 is 5.32 Å². The first-order valence-corrected chi connectivity index (χ1v) is 9.28. The highest BCUT2D eigenvalue weighted by atomic mass is 16.5. The predicted octanol–water partition coefficient (Wildman–Crippen LogP) is 2.33. The van der Waals surface area contributed by atoms with Gasteiger partial charge < -0.3 is 14.6 Å². The summed E-state index contributed by atoms with van der Waals surface area (Å²) in [7, 11) is 0. The van der Waals surface area contributed by atoms with E-state index in [9.17, 15) is 0 Å². The third kappa shape index (κ3) is 5.14. The standard InChI is InChI=1S/C18H29N7O/c1-18(2,3)13-25-17(21-22-23-25)16(15-7-4-5-12-26-15)20-8-6-10-24-11-9-19-14-24/h5,9,11-12,14-16,20H,4,6-8,10,13H2,1-3H3/t15?,16-/m1/s1. The quantitative estimate of drug-likeness (QED) is 0.729. The third-order valence-corrected chi connectivity index (χ3v) is 4.32. The van der Waals surface area contributed by atoms with Gasteiger partial charge in [-0.3, -0.25) is 0 Å². The summed E-state index contributed by atoms with van der Waals surface area (Å²) >= 11 is 0. The minimum atomic E-state index is -0.0277. The summed E-state index contributed by atoms with van der Waals surface area (Å²) in [6.45, 7) is 9.11. The Morgan fingerprint density at radius 1 is 1.38 bits per heavy atom. The maximum Gasteiger partial charge on any atom is 0.172 e. The number of allylic oxidation sites excluding steroid dienone is 1. The zero-order chi connectivity index (χ0) is 18.4. The zero-order valence-electron chi connectivity index (χ0n) is 15.9. The van der Waals surface area contributed by atoms with Gasteiger partial charge in [-0.1, -0.05) is 20.8 Å². The Bertz CT molecular complexity index is 687. The second-order valence-electron chi connectivity index (χ2n) is 7.96. The number of aromatic nitrogens is 6. The number of nitrogens with zero attached hydrogens (tertiary/aromatic N) is 6. The molecule has 0 spiro atoms. The maximum absolute atomic E-state index is 5.88. The number of nitrogens with one attached hydrogen (secondary N) is 1. The van der Waals surface area contributed by atoms with Crippen molar-refractivity contribution in [2.75, 3.05) is 6.54 Å². The highest BCUT2D eigenvalue weighted by Gasteiger charge is 2.30. The van der Waals surface area contributed by atoms with Gasteiger partial charge in [0.1, 0.15) is 12.1 Å². The fourth-order valence-electron chi connectivity index (χ4n) is 3.12. The van der Waals surface area contributed by atoms with E-state index < -0.39 is 0 Å². The Morgan fingerprint density at radius 3 is 2.96 bits per heavy atom. The van der Waals surface area contributed by atoms with Gasteiger partial charge >= 0.3 is 0 Å². The molecular weight excluding hydrogens is 330 g/mol. The number of hydrogen-bond donors (Lipinski definition) is 1. The Morgan fingerprint density at radius 2 is 2.27 bits per heavy atom. The summed E-state index contributed by atoms with van der Waals surface area (Å²) in [6, 6.07) is -0.0277. The van der Waals surface area contributed by atoms with E-state index in [4.69, 9.17) is 4.74 Å². The van der Waals surface area contributed by atoms with E-state index in [0.29, 0.717) is 0 Å². The number of aryl methyl sites for hydroxylation is 1. The van der Waals surface area contributed by atoms with Crippen molar-refractivity contribution in [3.05, 3.63) is 36.9 Å². The molecule has 8 heteroatoms. The molecule has 1 N–H and O–H groups in total. The number of tetrazole rings is 1. The van der Waals surface area contributed by atoms with Crippen LogP contribution in [0.25, 0.3) is 0 Å². The van der Waals surface area contributed by atoms with Crippen molar-refractivity contribution in [3.63, 3.8) is 0 Å². The summed E-state index contributed by atoms with van der Waals surface area (Å²) in [5, 5.41) is 16.1. The largest absolute Gasteiger partial charge is 0.496 e. The molecule has 8 nitrogen and oxygen atoms in total. The van der Waals surface area contributed by atoms with Crippen LogP contribution in [-0.4, -0.2) is 42.4 Å². The SMILES string of the molecule is CC(C)(C)Cn1nnnc1[C@H](NCCCn1ccnc1)C1CCC=CO1. The van der Waals surface area contributed by atoms with Gasteiger partial charge in [0.15, 0.2) is 5.82 Å². The van der Waals surface area contributed by atoms with Gasteiger partial charge in [0.05, 0.1) is 12.6 Å². The zero-order valence-corrected chi connectivity index (χ0v) is 15.9. The van der Waals surface area contributed by atoms with Gasteiger partial charge in [-0.15, -0.1) is 5.10 Å². The minimum Gasteiger partial charge on any atom is -0.496 e. The fourth-order valence-corrected chi connectivity index (χ4v) is 3.12. The molecule has 2 aromatic heterocycles. The third-order valence-electron chi connectivity index (χ3n) is 4.32. The van der Waals surface area contributed by atoms with Crippen LogP contribution in [0.15, 0.2) is 31.1 Å². The molecule has 142 valence electrons. The van der Waals surface area contributed by atoms with Crippen LogP contribution in [0, 0.1) is 5.41 Å². The van der Waals surface area contributed by atoms with Crippen LogP contribution in [-0.2, 0) is 17.8 Å². The summed E-state index contributed by atoms with van der Waals surface area (Å²) in [5.74, 6) is 0.850. The van der Waals surface area contributed by atoms with Crippen LogP contribution in [0.1, 0.15) is 51.9 Å². The van der Waals surface area contributed by atoms with E-state index in [-0.39, 0.29) is 17.6 Å². The molecule has 3 heterocycles. The molecule has 2 aromatic rings. The molecule has 0 saturated heterocycles. The van der Waals surface area contributed by atoms with E-state index in [0.717, 1.165) is 44.7 Å². The van der Waals surface area contributed by atoms with Gasteiger partial charge in [0.2, 0.25) is 0 Å². The van der Waals surface area contributed by atoms with E-state index in [1.165, 1.54) is 0 Å². The van der Waals surface area contributed by atoms with E-state index in [1.54, 1.807) is 12.5 Å². The van der Waals surface area contributed by atoms with Crippen LogP contribution in [0.3, 0.4) is 0 Å². The average molecular weight is 359 g/mol. The Balaban J connectivity index is 1.67. The molecule has 0 radical (unpaired) electrons. The molecule has 0 aliphatic carbocycles. The van der Waals surface area contributed by atoms with Gasteiger partial charge in [0.25, 0.3) is 0 Å². The molecule has 26 heavy (non-hydrogen) atoms. The lowest BCUT2D eigenvalue weighted by molar-refractivity contribution is 0.0793. The monoisotopic (exact) mass is 359 g/mol. The summed E-state index contributed by atoms with van der Waals surface area (Å²) in [6.07, 6.45) is 12.5. The van der Waals surface area contributed by atoms with Crippen molar-refractivity contribution in [3.8, 4) is 0 Å². The minimum absolute atomic E-state index is 0.0277. The first-order valence-electron chi connectivity index (χ1n) is 9.28. The van der Waals surface area contributed by atoms with Gasteiger partial charge in [-0.25, -0.2) is 9.67 Å². The Kier molecular flexibility index (Phi) is 6.03. The summed E-state index contributed by atoms with van der Waals surface area (Å²) in [4.78, 5) is 4.08. The Labute approximate surface area is 154 Å². The van der Waals surface area contributed by atoms with Crippen LogP contribution >= 0.6 is 0 Å². The first-order chi connectivity index (χ1) is 12.5. The molecular formula is C18H29N7O. The van der Waals surface area contributed by atoms with Crippen LogP contribution in [0.5, 0.6) is 0 Å². The number of ether oxygens (including phenoxy) is 1. The molecule has 0 amide bonds. The average Bonchev–Trinajstić information content (AvgIpc) is 3.26. The summed E-state index contributed by atoms with van der Waals surface area (Å²) < 4.78 is 9.88. The number of rotatable bonds is 8. The molecule has 1 aliphatic heterocycles. The molecule has 0 saturated carbocycles. The van der Waals surface area contributed by atoms with Crippen LogP contribution in [0.2, 0.25) is 0 Å². The molecule has 1 unspecified atom stereocenters. The summed E-state index contributed by atoms with van der Waals surface area (Å²) in [5.41, 5.74) is 0.101. The second kappa shape index (κ2) is 8.44. The van der Waals surface area contributed by atoms with Gasteiger partial charge in [0, 0.05) is 25.5 Å². The van der Waals surface area contributed by atoms with Crippen molar-refractivity contribution < 1.29 is 4.74 Å². The number of imidazole rings is 1. The van der Waals surface area contributed by atoms with E-state index in [2.05, 4.69) is 57.2 Å². The lowest BCUT2D eigenvalue weighted by atomic mass is 9.96. The van der Waals surface area contributed by atoms with Crippen molar-refractivity contribution in [1.29, 1.82) is 0 Å². The van der Waals surface area contributed by atoms with Crippen molar-refractivity contribution in [1.82, 2.24) is 35.1 Å². The highest BCUT2D eigenvalue weighted by Crippen LogP contribution is 2.26. The van der Waals surface area contributed by atoms with E-state index in [1.807, 2.05) is 17.2 Å². The predicted molar refractivity (Wildman–Crippen MR) is 98.1 cm³/mol. The van der Waals surface area contributed by atoms with Crippen molar-refractivity contribution in [2.45, 2.75) is 65.3 Å². The molecule has 3 rings (SSSR count). The first kappa shape index (κ1) is 18.6. The smallest absolute Gasteiger partial charge is 0.172 e. The van der Waals surface area contributed by atoms with E-state index >= 15 is 0 Å². The lowest BCUT2D eigenvalue weighted by Crippen LogP contribution is -2.37. The molecule has 0 aromatic carbocycles. The lowest BCUT2D eigenvalue weighted by Gasteiger charge is -2.29. The fraction of sp³-hybridized carbons (Fsp3) is 0.667.